The van der Waals surface area contributed by atoms with Crippen molar-refractivity contribution in [3.63, 3.8) is 0 Å². The first-order valence-corrected chi connectivity index (χ1v) is 5.84. The van der Waals surface area contributed by atoms with E-state index in [1.165, 1.54) is 18.5 Å². The second kappa shape index (κ2) is 8.86. The molecule has 0 unspecified atom stereocenters. The summed E-state index contributed by atoms with van der Waals surface area (Å²) in [6.45, 7) is 12.7. The van der Waals surface area contributed by atoms with Crippen LogP contribution in [0.25, 0.3) is 0 Å². The third-order valence-electron chi connectivity index (χ3n) is 2.52. The first-order chi connectivity index (χ1) is 6.79. The van der Waals surface area contributed by atoms with E-state index in [0.717, 1.165) is 25.9 Å². The van der Waals surface area contributed by atoms with Crippen LogP contribution in [0.1, 0.15) is 46.5 Å². The largest absolute Gasteiger partial charge is 0.376 e. The van der Waals surface area contributed by atoms with Gasteiger partial charge in [-0.05, 0) is 39.5 Å². The lowest BCUT2D eigenvalue weighted by Crippen LogP contribution is -2.21. The predicted octanol–water partition coefficient (Wildman–Crippen LogP) is 3.98. The fraction of sp³-hybridized carbons (Fsp3) is 0.692. The monoisotopic (exact) mass is 195 g/mol. The number of allylic oxidation sites excluding steroid dienone is 3. The Kier molecular flexibility index (Phi) is 8.40. The zero-order valence-corrected chi connectivity index (χ0v) is 10.1. The van der Waals surface area contributed by atoms with E-state index < -0.39 is 0 Å². The lowest BCUT2D eigenvalue weighted by atomic mass is 10.2. The average molecular weight is 195 g/mol. The molecule has 0 atom stereocenters. The van der Waals surface area contributed by atoms with E-state index in [0.29, 0.717) is 0 Å². The molecule has 1 nitrogen and oxygen atoms in total. The maximum atomic E-state index is 3.73. The van der Waals surface area contributed by atoms with E-state index in [1.807, 2.05) is 6.08 Å². The van der Waals surface area contributed by atoms with Gasteiger partial charge < -0.3 is 4.90 Å². The van der Waals surface area contributed by atoms with Crippen LogP contribution >= 0.6 is 0 Å². The van der Waals surface area contributed by atoms with Crippen molar-refractivity contribution in [2.45, 2.75) is 46.5 Å². The minimum Gasteiger partial charge on any atom is -0.376 e. The van der Waals surface area contributed by atoms with Crippen molar-refractivity contribution in [2.24, 2.45) is 0 Å². The van der Waals surface area contributed by atoms with Crippen molar-refractivity contribution in [3.05, 3.63) is 24.4 Å². The maximum absolute atomic E-state index is 3.73. The molecular weight excluding hydrogens is 170 g/mol. The topological polar surface area (TPSA) is 3.24 Å². The third kappa shape index (κ3) is 5.11. The number of hydrogen-bond donors (Lipinski definition) is 0. The van der Waals surface area contributed by atoms with Gasteiger partial charge in [-0.25, -0.2) is 0 Å². The lowest BCUT2D eigenvalue weighted by molar-refractivity contribution is 0.369. The molecular formula is C13H25N. The summed E-state index contributed by atoms with van der Waals surface area (Å²) in [5.74, 6) is 0. The molecule has 0 aliphatic carbocycles. The number of rotatable bonds is 8. The van der Waals surface area contributed by atoms with Crippen LogP contribution in [0, 0.1) is 0 Å². The molecule has 0 heterocycles. The molecule has 82 valence electrons. The van der Waals surface area contributed by atoms with Crippen LogP contribution in [-0.4, -0.2) is 18.0 Å². The quantitative estimate of drug-likeness (QED) is 0.418. The van der Waals surface area contributed by atoms with Crippen LogP contribution in [0.5, 0.6) is 0 Å². The van der Waals surface area contributed by atoms with Gasteiger partial charge in [-0.15, -0.1) is 6.58 Å². The van der Waals surface area contributed by atoms with E-state index in [-0.39, 0.29) is 0 Å². The van der Waals surface area contributed by atoms with Crippen molar-refractivity contribution in [1.29, 1.82) is 0 Å². The molecule has 0 N–H and O–H groups in total. The summed E-state index contributed by atoms with van der Waals surface area (Å²) < 4.78 is 0. The summed E-state index contributed by atoms with van der Waals surface area (Å²) in [7, 11) is 0. The van der Waals surface area contributed by atoms with E-state index in [2.05, 4.69) is 38.3 Å². The minimum absolute atomic E-state index is 1.12. The molecule has 0 rings (SSSR count). The molecule has 0 bridgehead atoms. The summed E-state index contributed by atoms with van der Waals surface area (Å²) in [4.78, 5) is 2.44. The van der Waals surface area contributed by atoms with E-state index in [9.17, 15) is 0 Å². The molecule has 14 heavy (non-hydrogen) atoms. The van der Waals surface area contributed by atoms with Crippen LogP contribution in [0.3, 0.4) is 0 Å². The van der Waals surface area contributed by atoms with Crippen molar-refractivity contribution >= 4 is 0 Å². The first-order valence-electron chi connectivity index (χ1n) is 5.84. The highest BCUT2D eigenvalue weighted by molar-refractivity contribution is 5.00. The standard InChI is InChI=1S/C13H25N/c1-5-9-10-11-12-13(6-2)14(7-3)8-4/h5,12H,1,6-11H2,2-4H3. The van der Waals surface area contributed by atoms with Gasteiger partial charge >= 0.3 is 0 Å². The van der Waals surface area contributed by atoms with Crippen molar-refractivity contribution in [3.8, 4) is 0 Å². The molecule has 0 fully saturated rings. The minimum atomic E-state index is 1.12. The van der Waals surface area contributed by atoms with Gasteiger partial charge in [-0.1, -0.05) is 19.1 Å². The van der Waals surface area contributed by atoms with Gasteiger partial charge in [0.1, 0.15) is 0 Å². The molecule has 0 aromatic carbocycles. The van der Waals surface area contributed by atoms with Gasteiger partial charge in [-0.3, -0.25) is 0 Å². The van der Waals surface area contributed by atoms with Crippen molar-refractivity contribution in [2.75, 3.05) is 13.1 Å². The Balaban J connectivity index is 4.01. The summed E-state index contributed by atoms with van der Waals surface area (Å²) in [6, 6.07) is 0. The molecule has 0 radical (unpaired) electrons. The molecule has 0 aromatic rings. The van der Waals surface area contributed by atoms with Crippen molar-refractivity contribution < 1.29 is 0 Å². The van der Waals surface area contributed by atoms with E-state index in [4.69, 9.17) is 0 Å². The van der Waals surface area contributed by atoms with Crippen LogP contribution in [0.4, 0.5) is 0 Å². The SMILES string of the molecule is C=CCCCC=C(CC)N(CC)CC. The fourth-order valence-corrected chi connectivity index (χ4v) is 1.66. The van der Waals surface area contributed by atoms with E-state index >= 15 is 0 Å². The van der Waals surface area contributed by atoms with Gasteiger partial charge in [0, 0.05) is 18.8 Å². The lowest BCUT2D eigenvalue weighted by Gasteiger charge is -2.23. The zero-order chi connectivity index (χ0) is 10.8. The van der Waals surface area contributed by atoms with Gasteiger partial charge in [0.15, 0.2) is 0 Å². The maximum Gasteiger partial charge on any atom is 0.0146 e. The molecule has 0 saturated heterocycles. The smallest absolute Gasteiger partial charge is 0.0146 e. The normalized spacial score (nSPS) is 11.5. The van der Waals surface area contributed by atoms with Gasteiger partial charge in [0.25, 0.3) is 0 Å². The molecule has 0 spiro atoms. The highest BCUT2D eigenvalue weighted by atomic mass is 15.1. The second-order valence-electron chi connectivity index (χ2n) is 3.44. The number of hydrogen-bond acceptors (Lipinski definition) is 1. The Morgan fingerprint density at radius 1 is 1.14 bits per heavy atom. The third-order valence-corrected chi connectivity index (χ3v) is 2.52. The Labute approximate surface area is 89.5 Å². The molecule has 0 aliphatic heterocycles. The van der Waals surface area contributed by atoms with Gasteiger partial charge in [0.05, 0.1) is 0 Å². The predicted molar refractivity (Wildman–Crippen MR) is 65.3 cm³/mol. The van der Waals surface area contributed by atoms with E-state index in [1.54, 1.807) is 0 Å². The van der Waals surface area contributed by atoms with Crippen LogP contribution in [0.15, 0.2) is 24.4 Å². The fourth-order valence-electron chi connectivity index (χ4n) is 1.66. The van der Waals surface area contributed by atoms with Crippen LogP contribution in [0.2, 0.25) is 0 Å². The van der Waals surface area contributed by atoms with Gasteiger partial charge in [-0.2, -0.15) is 0 Å². The Hall–Kier alpha value is -0.720. The summed E-state index contributed by atoms with van der Waals surface area (Å²) in [6.07, 6.45) is 9.08. The molecule has 0 aromatic heterocycles. The zero-order valence-electron chi connectivity index (χ0n) is 10.1. The summed E-state index contributed by atoms with van der Waals surface area (Å²) in [5.41, 5.74) is 1.50. The van der Waals surface area contributed by atoms with Crippen LogP contribution in [-0.2, 0) is 0 Å². The van der Waals surface area contributed by atoms with Crippen LogP contribution < -0.4 is 0 Å². The first kappa shape index (κ1) is 13.3. The second-order valence-corrected chi connectivity index (χ2v) is 3.44. The Morgan fingerprint density at radius 3 is 2.21 bits per heavy atom. The Bertz CT molecular complexity index is 166. The summed E-state index contributed by atoms with van der Waals surface area (Å²) in [5, 5.41) is 0. The number of unbranched alkanes of at least 4 members (excludes halogenated alkanes) is 2. The highest BCUT2D eigenvalue weighted by Crippen LogP contribution is 2.10. The van der Waals surface area contributed by atoms with Crippen molar-refractivity contribution in [1.82, 2.24) is 4.90 Å². The Morgan fingerprint density at radius 2 is 1.79 bits per heavy atom. The molecule has 0 amide bonds. The van der Waals surface area contributed by atoms with Gasteiger partial charge in [0.2, 0.25) is 0 Å². The number of nitrogens with zero attached hydrogens (tertiary/aromatic N) is 1. The molecule has 0 saturated carbocycles. The molecule has 0 aliphatic rings. The molecule has 1 heteroatoms. The summed E-state index contributed by atoms with van der Waals surface area (Å²) >= 11 is 0. The average Bonchev–Trinajstić information content (AvgIpc) is 2.23. The highest BCUT2D eigenvalue weighted by Gasteiger charge is 2.01.